The minimum Gasteiger partial charge on any atom is -0.389 e. The Balaban J connectivity index is 1.89. The van der Waals surface area contributed by atoms with E-state index in [1.165, 1.54) is 32.1 Å². The molecule has 0 bridgehead atoms. The molecule has 0 aromatic rings. The number of nitrogens with one attached hydrogen (secondary N) is 1. The summed E-state index contributed by atoms with van der Waals surface area (Å²) in [7, 11) is 0. The van der Waals surface area contributed by atoms with Crippen LogP contribution in [-0.4, -0.2) is 37.0 Å². The van der Waals surface area contributed by atoms with Gasteiger partial charge in [-0.15, -0.1) is 0 Å². The molecule has 3 heteroatoms. The molecule has 0 radical (unpaired) electrons. The molecule has 2 N–H and O–H groups in total. The third-order valence-electron chi connectivity index (χ3n) is 3.21. The Bertz CT molecular complexity index is 167. The highest BCUT2D eigenvalue weighted by atomic mass is 16.5. The van der Waals surface area contributed by atoms with Crippen molar-refractivity contribution in [3.05, 3.63) is 0 Å². The summed E-state index contributed by atoms with van der Waals surface area (Å²) in [5.41, 5.74) is 0. The molecule has 1 saturated carbocycles. The van der Waals surface area contributed by atoms with Crippen molar-refractivity contribution in [2.45, 2.75) is 58.2 Å². The molecular formula is C13H27NO2. The number of rotatable bonds is 8. The van der Waals surface area contributed by atoms with E-state index in [0.29, 0.717) is 13.2 Å². The number of aliphatic hydroxyl groups excluding tert-OH is 1. The highest BCUT2D eigenvalue weighted by molar-refractivity contribution is 4.68. The second-order valence-corrected chi connectivity index (χ2v) is 5.18. The highest BCUT2D eigenvalue weighted by Gasteiger charge is 2.14. The van der Waals surface area contributed by atoms with Gasteiger partial charge in [0, 0.05) is 6.54 Å². The average Bonchev–Trinajstić information content (AvgIpc) is 2.74. The smallest absolute Gasteiger partial charge is 0.0897 e. The maximum absolute atomic E-state index is 9.60. The zero-order valence-corrected chi connectivity index (χ0v) is 10.7. The lowest BCUT2D eigenvalue weighted by molar-refractivity contribution is 0.00639. The first-order valence-corrected chi connectivity index (χ1v) is 6.69. The predicted octanol–water partition coefficient (Wildman–Crippen LogP) is 1.94. The van der Waals surface area contributed by atoms with Gasteiger partial charge in [-0.05, 0) is 32.7 Å². The first-order valence-electron chi connectivity index (χ1n) is 6.69. The van der Waals surface area contributed by atoms with Crippen molar-refractivity contribution in [1.29, 1.82) is 0 Å². The van der Waals surface area contributed by atoms with Gasteiger partial charge < -0.3 is 15.2 Å². The Kier molecular flexibility index (Phi) is 7.01. The summed E-state index contributed by atoms with van der Waals surface area (Å²) >= 11 is 0. The summed E-state index contributed by atoms with van der Waals surface area (Å²) in [6.45, 7) is 6.09. The first kappa shape index (κ1) is 13.9. The van der Waals surface area contributed by atoms with Gasteiger partial charge in [0.15, 0.2) is 0 Å². The third-order valence-corrected chi connectivity index (χ3v) is 3.21. The summed E-state index contributed by atoms with van der Waals surface area (Å²) < 4.78 is 5.34. The standard InChI is InChI=1S/C13H27NO2/c1-11(2)16-10-13(15)9-14-8-7-12-5-3-4-6-12/h11-15H,3-10H2,1-2H3. The fraction of sp³-hybridized carbons (Fsp3) is 1.00. The van der Waals surface area contributed by atoms with Gasteiger partial charge in [0.05, 0.1) is 18.8 Å². The molecule has 1 fully saturated rings. The normalized spacial score (nSPS) is 19.5. The van der Waals surface area contributed by atoms with Gasteiger partial charge in [-0.3, -0.25) is 0 Å². The van der Waals surface area contributed by atoms with Gasteiger partial charge >= 0.3 is 0 Å². The molecule has 0 heterocycles. The molecule has 1 aliphatic rings. The molecule has 96 valence electrons. The van der Waals surface area contributed by atoms with Crippen LogP contribution in [0.3, 0.4) is 0 Å². The van der Waals surface area contributed by atoms with Crippen LogP contribution in [0.4, 0.5) is 0 Å². The minimum atomic E-state index is -0.369. The maximum Gasteiger partial charge on any atom is 0.0897 e. The van der Waals surface area contributed by atoms with Crippen molar-refractivity contribution in [3.63, 3.8) is 0 Å². The Morgan fingerprint density at radius 1 is 1.31 bits per heavy atom. The SMILES string of the molecule is CC(C)OCC(O)CNCCC1CCCC1. The molecule has 0 aromatic heterocycles. The Hall–Kier alpha value is -0.120. The van der Waals surface area contributed by atoms with Gasteiger partial charge in [-0.2, -0.15) is 0 Å². The van der Waals surface area contributed by atoms with Crippen LogP contribution in [0.1, 0.15) is 46.0 Å². The fourth-order valence-corrected chi connectivity index (χ4v) is 2.24. The summed E-state index contributed by atoms with van der Waals surface area (Å²) in [6.07, 6.45) is 6.73. The molecule has 0 saturated heterocycles. The zero-order valence-electron chi connectivity index (χ0n) is 10.7. The maximum atomic E-state index is 9.60. The molecule has 16 heavy (non-hydrogen) atoms. The van der Waals surface area contributed by atoms with Crippen molar-refractivity contribution in [2.75, 3.05) is 19.7 Å². The summed E-state index contributed by atoms with van der Waals surface area (Å²) in [5.74, 6) is 0.927. The lowest BCUT2D eigenvalue weighted by Crippen LogP contribution is -2.32. The molecule has 1 rings (SSSR count). The van der Waals surface area contributed by atoms with Gasteiger partial charge in [0.25, 0.3) is 0 Å². The number of aliphatic hydroxyl groups is 1. The van der Waals surface area contributed by atoms with Crippen molar-refractivity contribution >= 4 is 0 Å². The zero-order chi connectivity index (χ0) is 11.8. The minimum absolute atomic E-state index is 0.202. The van der Waals surface area contributed by atoms with Crippen LogP contribution in [-0.2, 0) is 4.74 Å². The lowest BCUT2D eigenvalue weighted by Gasteiger charge is -2.15. The monoisotopic (exact) mass is 229 g/mol. The molecule has 3 nitrogen and oxygen atoms in total. The number of hydrogen-bond acceptors (Lipinski definition) is 3. The van der Waals surface area contributed by atoms with Crippen molar-refractivity contribution in [3.8, 4) is 0 Å². The van der Waals surface area contributed by atoms with Gasteiger partial charge in [-0.25, -0.2) is 0 Å². The number of hydrogen-bond donors (Lipinski definition) is 2. The first-order chi connectivity index (χ1) is 7.68. The Labute approximate surface area is 99.6 Å². The van der Waals surface area contributed by atoms with Crippen molar-refractivity contribution in [1.82, 2.24) is 5.32 Å². The van der Waals surface area contributed by atoms with Crippen molar-refractivity contribution in [2.24, 2.45) is 5.92 Å². The van der Waals surface area contributed by atoms with E-state index in [4.69, 9.17) is 4.74 Å². The molecule has 1 atom stereocenters. The van der Waals surface area contributed by atoms with Crippen LogP contribution in [0, 0.1) is 5.92 Å². The van der Waals surface area contributed by atoms with E-state index in [1.54, 1.807) is 0 Å². The highest BCUT2D eigenvalue weighted by Crippen LogP contribution is 2.26. The fourth-order valence-electron chi connectivity index (χ4n) is 2.24. The Morgan fingerprint density at radius 3 is 2.62 bits per heavy atom. The largest absolute Gasteiger partial charge is 0.389 e. The summed E-state index contributed by atoms with van der Waals surface area (Å²) in [6, 6.07) is 0. The van der Waals surface area contributed by atoms with Gasteiger partial charge in [0.1, 0.15) is 0 Å². The van der Waals surface area contributed by atoms with Gasteiger partial charge in [0.2, 0.25) is 0 Å². The lowest BCUT2D eigenvalue weighted by atomic mass is 10.0. The average molecular weight is 229 g/mol. The molecule has 0 spiro atoms. The number of ether oxygens (including phenoxy) is 1. The topological polar surface area (TPSA) is 41.5 Å². The van der Waals surface area contributed by atoms with Gasteiger partial charge in [-0.1, -0.05) is 25.7 Å². The predicted molar refractivity (Wildman–Crippen MR) is 66.5 cm³/mol. The second kappa shape index (κ2) is 8.04. The van der Waals surface area contributed by atoms with E-state index in [-0.39, 0.29) is 12.2 Å². The van der Waals surface area contributed by atoms with E-state index in [1.807, 2.05) is 13.8 Å². The van der Waals surface area contributed by atoms with E-state index in [9.17, 15) is 5.11 Å². The van der Waals surface area contributed by atoms with Crippen LogP contribution in [0.5, 0.6) is 0 Å². The van der Waals surface area contributed by atoms with E-state index < -0.39 is 0 Å². The summed E-state index contributed by atoms with van der Waals surface area (Å²) in [5, 5.41) is 12.9. The molecule has 0 amide bonds. The molecule has 0 aromatic carbocycles. The molecule has 1 unspecified atom stereocenters. The van der Waals surface area contributed by atoms with E-state index >= 15 is 0 Å². The van der Waals surface area contributed by atoms with E-state index in [2.05, 4.69) is 5.32 Å². The van der Waals surface area contributed by atoms with Crippen LogP contribution < -0.4 is 5.32 Å². The van der Waals surface area contributed by atoms with Crippen LogP contribution in [0.2, 0.25) is 0 Å². The Morgan fingerprint density at radius 2 is 2.00 bits per heavy atom. The second-order valence-electron chi connectivity index (χ2n) is 5.18. The van der Waals surface area contributed by atoms with Crippen LogP contribution in [0.25, 0.3) is 0 Å². The molecule has 0 aliphatic heterocycles. The molecule has 1 aliphatic carbocycles. The quantitative estimate of drug-likeness (QED) is 0.625. The van der Waals surface area contributed by atoms with Crippen LogP contribution in [0.15, 0.2) is 0 Å². The summed E-state index contributed by atoms with van der Waals surface area (Å²) in [4.78, 5) is 0. The molecular weight excluding hydrogens is 202 g/mol. The van der Waals surface area contributed by atoms with E-state index in [0.717, 1.165) is 12.5 Å². The van der Waals surface area contributed by atoms with Crippen LogP contribution >= 0.6 is 0 Å². The third kappa shape index (κ3) is 6.46. The van der Waals surface area contributed by atoms with Crippen molar-refractivity contribution < 1.29 is 9.84 Å².